The van der Waals surface area contributed by atoms with E-state index in [0.717, 1.165) is 16.8 Å². The molecular formula is C18H20Cl2N2O2. The van der Waals surface area contributed by atoms with Gasteiger partial charge in [-0.05, 0) is 49.2 Å². The van der Waals surface area contributed by atoms with Crippen LogP contribution < -0.4 is 15.4 Å². The summed E-state index contributed by atoms with van der Waals surface area (Å²) in [6.07, 6.45) is 0. The van der Waals surface area contributed by atoms with Crippen LogP contribution in [-0.2, 0) is 4.79 Å². The highest BCUT2D eigenvalue weighted by molar-refractivity contribution is 6.42. The topological polar surface area (TPSA) is 50.4 Å². The summed E-state index contributed by atoms with van der Waals surface area (Å²) in [5.41, 5.74) is 2.77. The normalized spacial score (nSPS) is 11.7. The number of ether oxygens (including phenoxy) is 1. The minimum Gasteiger partial charge on any atom is -0.495 e. The number of rotatable bonds is 6. The van der Waals surface area contributed by atoms with Gasteiger partial charge in [0.2, 0.25) is 5.91 Å². The standard InChI is InChI=1S/C18H20Cl2N2O2/c1-11-4-7-17(24-3)16(8-11)21-10-18(23)22-12(2)13-5-6-14(19)15(20)9-13/h4-9,12,21H,10H2,1-3H3,(H,22,23). The van der Waals surface area contributed by atoms with Gasteiger partial charge in [0.1, 0.15) is 5.75 Å². The van der Waals surface area contributed by atoms with Crippen molar-refractivity contribution in [1.82, 2.24) is 5.32 Å². The van der Waals surface area contributed by atoms with Crippen LogP contribution in [0.5, 0.6) is 5.75 Å². The van der Waals surface area contributed by atoms with Gasteiger partial charge in [-0.15, -0.1) is 0 Å². The van der Waals surface area contributed by atoms with Crippen LogP contribution in [0.4, 0.5) is 5.69 Å². The Bertz CT molecular complexity index is 735. The zero-order chi connectivity index (χ0) is 17.7. The van der Waals surface area contributed by atoms with Crippen molar-refractivity contribution in [1.29, 1.82) is 0 Å². The number of nitrogens with one attached hydrogen (secondary N) is 2. The molecule has 0 aliphatic carbocycles. The van der Waals surface area contributed by atoms with Gasteiger partial charge in [0.25, 0.3) is 0 Å². The molecule has 0 aromatic heterocycles. The van der Waals surface area contributed by atoms with Crippen LogP contribution >= 0.6 is 23.2 Å². The molecule has 0 saturated heterocycles. The molecule has 0 saturated carbocycles. The maximum Gasteiger partial charge on any atom is 0.239 e. The van der Waals surface area contributed by atoms with E-state index >= 15 is 0 Å². The van der Waals surface area contributed by atoms with Crippen molar-refractivity contribution in [3.63, 3.8) is 0 Å². The van der Waals surface area contributed by atoms with Gasteiger partial charge in [0, 0.05) is 0 Å². The van der Waals surface area contributed by atoms with Crippen LogP contribution in [0.15, 0.2) is 36.4 Å². The van der Waals surface area contributed by atoms with E-state index in [2.05, 4.69) is 10.6 Å². The molecule has 0 aliphatic rings. The zero-order valence-corrected chi connectivity index (χ0v) is 15.3. The van der Waals surface area contributed by atoms with Gasteiger partial charge in [-0.25, -0.2) is 0 Å². The van der Waals surface area contributed by atoms with E-state index in [1.54, 1.807) is 19.2 Å². The van der Waals surface area contributed by atoms with E-state index < -0.39 is 0 Å². The molecule has 6 heteroatoms. The van der Waals surface area contributed by atoms with E-state index in [1.807, 2.05) is 38.1 Å². The number of halogens is 2. The highest BCUT2D eigenvalue weighted by Gasteiger charge is 2.12. The summed E-state index contributed by atoms with van der Waals surface area (Å²) < 4.78 is 5.29. The molecule has 2 aromatic rings. The van der Waals surface area contributed by atoms with Crippen molar-refractivity contribution in [3.8, 4) is 5.75 Å². The van der Waals surface area contributed by atoms with Crippen LogP contribution in [0.25, 0.3) is 0 Å². The summed E-state index contributed by atoms with van der Waals surface area (Å²) in [4.78, 5) is 12.2. The number of carbonyl (C=O) groups excluding carboxylic acids is 1. The second kappa shape index (κ2) is 8.27. The fourth-order valence-corrected chi connectivity index (χ4v) is 2.60. The van der Waals surface area contributed by atoms with Crippen LogP contribution in [0.2, 0.25) is 10.0 Å². The van der Waals surface area contributed by atoms with Gasteiger partial charge in [0.15, 0.2) is 0 Å². The summed E-state index contributed by atoms with van der Waals surface area (Å²) in [5, 5.41) is 6.98. The number of hydrogen-bond acceptors (Lipinski definition) is 3. The van der Waals surface area contributed by atoms with E-state index in [9.17, 15) is 4.79 Å². The maximum atomic E-state index is 12.2. The molecule has 2 aromatic carbocycles. The Balaban J connectivity index is 1.95. The molecule has 1 atom stereocenters. The minimum absolute atomic E-state index is 0.128. The first kappa shape index (κ1) is 18.4. The second-order valence-electron chi connectivity index (χ2n) is 5.52. The molecule has 0 aliphatic heterocycles. The van der Waals surface area contributed by atoms with Crippen LogP contribution in [0, 0.1) is 6.92 Å². The van der Waals surface area contributed by atoms with Crippen molar-refractivity contribution in [3.05, 3.63) is 57.6 Å². The highest BCUT2D eigenvalue weighted by atomic mass is 35.5. The average molecular weight is 367 g/mol. The number of carbonyl (C=O) groups is 1. The molecule has 2 N–H and O–H groups in total. The molecule has 2 rings (SSSR count). The molecule has 4 nitrogen and oxygen atoms in total. The Kier molecular flexibility index (Phi) is 6.35. The van der Waals surface area contributed by atoms with E-state index in [-0.39, 0.29) is 18.5 Å². The Hall–Kier alpha value is -1.91. The molecule has 1 unspecified atom stereocenters. The van der Waals surface area contributed by atoms with Crippen molar-refractivity contribution < 1.29 is 9.53 Å². The number of aryl methyl sites for hydroxylation is 1. The number of anilines is 1. The van der Waals surface area contributed by atoms with Gasteiger partial charge >= 0.3 is 0 Å². The van der Waals surface area contributed by atoms with Crippen molar-refractivity contribution in [2.45, 2.75) is 19.9 Å². The largest absolute Gasteiger partial charge is 0.495 e. The van der Waals surface area contributed by atoms with Crippen LogP contribution in [-0.4, -0.2) is 19.6 Å². The summed E-state index contributed by atoms with van der Waals surface area (Å²) in [6, 6.07) is 10.9. The molecule has 0 radical (unpaired) electrons. The molecule has 1 amide bonds. The third kappa shape index (κ3) is 4.79. The Morgan fingerprint density at radius 1 is 1.17 bits per heavy atom. The first-order chi connectivity index (χ1) is 11.4. The summed E-state index contributed by atoms with van der Waals surface area (Å²) >= 11 is 11.9. The summed E-state index contributed by atoms with van der Waals surface area (Å²) in [5.74, 6) is 0.572. The second-order valence-corrected chi connectivity index (χ2v) is 6.33. The lowest BCUT2D eigenvalue weighted by atomic mass is 10.1. The monoisotopic (exact) mass is 366 g/mol. The smallest absolute Gasteiger partial charge is 0.239 e. The average Bonchev–Trinajstić information content (AvgIpc) is 2.55. The molecule has 0 fully saturated rings. The van der Waals surface area contributed by atoms with Gasteiger partial charge in [0.05, 0.1) is 35.4 Å². The predicted molar refractivity (Wildman–Crippen MR) is 99.2 cm³/mol. The fourth-order valence-electron chi connectivity index (χ4n) is 2.29. The van der Waals surface area contributed by atoms with Crippen molar-refractivity contribution in [2.75, 3.05) is 19.0 Å². The van der Waals surface area contributed by atoms with Gasteiger partial charge < -0.3 is 15.4 Å². The lowest BCUT2D eigenvalue weighted by molar-refractivity contribution is -0.120. The van der Waals surface area contributed by atoms with Gasteiger partial charge in [-0.1, -0.05) is 35.3 Å². The Morgan fingerprint density at radius 3 is 2.58 bits per heavy atom. The number of methoxy groups -OCH3 is 1. The summed E-state index contributed by atoms with van der Waals surface area (Å²) in [6.45, 7) is 4.02. The van der Waals surface area contributed by atoms with Crippen molar-refractivity contribution in [2.24, 2.45) is 0 Å². The Labute approximate surface area is 152 Å². The van der Waals surface area contributed by atoms with E-state index in [1.165, 1.54) is 0 Å². The molecule has 128 valence electrons. The molecule has 24 heavy (non-hydrogen) atoms. The first-order valence-electron chi connectivity index (χ1n) is 7.53. The minimum atomic E-state index is -0.173. The SMILES string of the molecule is COc1ccc(C)cc1NCC(=O)NC(C)c1ccc(Cl)c(Cl)c1. The molecule has 0 bridgehead atoms. The van der Waals surface area contributed by atoms with Crippen LogP contribution in [0.1, 0.15) is 24.1 Å². The lowest BCUT2D eigenvalue weighted by Crippen LogP contribution is -2.32. The fraction of sp³-hybridized carbons (Fsp3) is 0.278. The molecule has 0 spiro atoms. The first-order valence-corrected chi connectivity index (χ1v) is 8.29. The number of benzene rings is 2. The maximum absolute atomic E-state index is 12.2. The van der Waals surface area contributed by atoms with E-state index in [4.69, 9.17) is 27.9 Å². The van der Waals surface area contributed by atoms with Crippen LogP contribution in [0.3, 0.4) is 0 Å². The van der Waals surface area contributed by atoms with Gasteiger partial charge in [-0.2, -0.15) is 0 Å². The van der Waals surface area contributed by atoms with Gasteiger partial charge in [-0.3, -0.25) is 4.79 Å². The van der Waals surface area contributed by atoms with Crippen molar-refractivity contribution >= 4 is 34.8 Å². The number of amides is 1. The number of hydrogen-bond donors (Lipinski definition) is 2. The predicted octanol–water partition coefficient (Wildman–Crippen LogP) is 4.60. The molecule has 0 heterocycles. The lowest BCUT2D eigenvalue weighted by Gasteiger charge is -2.16. The van der Waals surface area contributed by atoms with E-state index in [0.29, 0.717) is 15.8 Å². The Morgan fingerprint density at radius 2 is 1.92 bits per heavy atom. The molecular weight excluding hydrogens is 347 g/mol. The third-order valence-corrected chi connectivity index (χ3v) is 4.35. The highest BCUT2D eigenvalue weighted by Crippen LogP contribution is 2.26. The third-order valence-electron chi connectivity index (χ3n) is 3.62. The summed E-state index contributed by atoms with van der Waals surface area (Å²) in [7, 11) is 1.60. The zero-order valence-electron chi connectivity index (χ0n) is 13.8. The quantitative estimate of drug-likeness (QED) is 0.785.